The van der Waals surface area contributed by atoms with Crippen LogP contribution in [0.1, 0.15) is 21.5 Å². The molecule has 23 heavy (non-hydrogen) atoms. The van der Waals surface area contributed by atoms with Gasteiger partial charge in [0.2, 0.25) is 0 Å². The maximum atomic E-state index is 12.0. The van der Waals surface area contributed by atoms with E-state index in [2.05, 4.69) is 21.2 Å². The Hall–Kier alpha value is -2.69. The summed E-state index contributed by atoms with van der Waals surface area (Å²) in [5, 5.41) is 0. The summed E-state index contributed by atoms with van der Waals surface area (Å²) in [4.78, 5) is 16.0. The number of aromatic nitrogens is 1. The number of pyridine rings is 1. The van der Waals surface area contributed by atoms with Gasteiger partial charge in [-0.25, -0.2) is 4.98 Å². The van der Waals surface area contributed by atoms with Crippen molar-refractivity contribution in [3.05, 3.63) is 53.2 Å². The van der Waals surface area contributed by atoms with E-state index in [1.165, 1.54) is 24.8 Å². The summed E-state index contributed by atoms with van der Waals surface area (Å²) >= 11 is 0. The summed E-state index contributed by atoms with van der Waals surface area (Å²) < 4.78 is 13.5. The number of rotatable bonds is 1. The van der Waals surface area contributed by atoms with Crippen LogP contribution in [0.25, 0.3) is 0 Å². The first-order valence-electron chi connectivity index (χ1n) is 6.72. The van der Waals surface area contributed by atoms with E-state index >= 15 is 0 Å². The molecule has 0 saturated carbocycles. The minimum absolute atomic E-state index is 0.219. The number of anilines is 2. The van der Waals surface area contributed by atoms with Crippen molar-refractivity contribution >= 4 is 27.5 Å². The summed E-state index contributed by atoms with van der Waals surface area (Å²) in [6.07, 6.45) is 4.37. The second-order valence-electron chi connectivity index (χ2n) is 5.27. The smallest absolute Gasteiger partial charge is 0.284 e. The molecular weight excluding hydrogens is 312 g/mol. The normalized spacial score (nSPS) is 11.3. The summed E-state index contributed by atoms with van der Waals surface area (Å²) in [5.74, 6) is 5.48. The summed E-state index contributed by atoms with van der Waals surface area (Å²) in [7, 11) is -2.57. The minimum Gasteiger partial charge on any atom is -0.399 e. The topological polar surface area (TPSA) is 115 Å². The average molecular weight is 330 g/mol. The number of hydrogen-bond donors (Lipinski definition) is 4. The molecule has 0 radical (unpaired) electrons. The zero-order valence-electron chi connectivity index (χ0n) is 12.8. The quantitative estimate of drug-likeness (QED) is 0.360. The molecule has 6 nitrogen and oxygen atoms in total. The molecular formula is C16H18N4O2S. The van der Waals surface area contributed by atoms with E-state index in [1.54, 1.807) is 18.2 Å². The molecule has 5 N–H and O–H groups in total. The van der Waals surface area contributed by atoms with E-state index in [-0.39, 0.29) is 11.4 Å². The molecule has 0 atom stereocenters. The second-order valence-corrected chi connectivity index (χ2v) is 8.15. The molecule has 0 unspecified atom stereocenters. The zero-order valence-corrected chi connectivity index (χ0v) is 13.7. The molecule has 2 rings (SSSR count). The predicted octanol–water partition coefficient (Wildman–Crippen LogP) is 1.59. The van der Waals surface area contributed by atoms with E-state index in [9.17, 15) is 9.35 Å². The number of thiol groups is 1. The highest BCUT2D eigenvalue weighted by Gasteiger charge is 2.09. The first-order valence-corrected chi connectivity index (χ1v) is 9.31. The average Bonchev–Trinajstić information content (AvgIpc) is 2.44. The van der Waals surface area contributed by atoms with E-state index in [1.807, 2.05) is 6.07 Å². The first kappa shape index (κ1) is 16.7. The van der Waals surface area contributed by atoms with Crippen LogP contribution >= 0.6 is 0 Å². The van der Waals surface area contributed by atoms with Crippen LogP contribution in [0.3, 0.4) is 0 Å². The van der Waals surface area contributed by atoms with Crippen LogP contribution in [0.4, 0.5) is 11.5 Å². The van der Waals surface area contributed by atoms with Crippen LogP contribution in [0, 0.1) is 11.8 Å². The monoisotopic (exact) mass is 330 g/mol. The molecule has 1 aromatic heterocycles. The molecule has 0 aliphatic carbocycles. The van der Waals surface area contributed by atoms with Gasteiger partial charge in [0.25, 0.3) is 5.91 Å². The van der Waals surface area contributed by atoms with Crippen molar-refractivity contribution in [3.8, 4) is 11.8 Å². The van der Waals surface area contributed by atoms with Crippen LogP contribution in [-0.2, 0) is 10.1 Å². The lowest BCUT2D eigenvalue weighted by Gasteiger charge is -2.09. The van der Waals surface area contributed by atoms with Gasteiger partial charge in [-0.3, -0.25) is 4.79 Å². The highest BCUT2D eigenvalue weighted by molar-refractivity contribution is 7.98. The van der Waals surface area contributed by atoms with Gasteiger partial charge >= 0.3 is 0 Å². The van der Waals surface area contributed by atoms with Gasteiger partial charge in [0.15, 0.2) is 0 Å². The lowest BCUT2D eigenvalue weighted by molar-refractivity contribution is 0.100. The third kappa shape index (κ3) is 4.92. The Bertz CT molecular complexity index is 867. The van der Waals surface area contributed by atoms with Crippen LogP contribution in [0.2, 0.25) is 0 Å². The number of nitrogens with two attached hydrogens (primary N) is 2. The number of nitrogens with zero attached hydrogens (tertiary/aromatic N) is 2. The Balaban J connectivity index is 2.38. The van der Waals surface area contributed by atoms with Crippen molar-refractivity contribution in [3.63, 3.8) is 0 Å². The largest absolute Gasteiger partial charge is 0.399 e. The molecule has 0 aliphatic heterocycles. The van der Waals surface area contributed by atoms with Crippen molar-refractivity contribution in [1.29, 1.82) is 0 Å². The fraction of sp³-hybridized carbons (Fsp3) is 0.125. The summed E-state index contributed by atoms with van der Waals surface area (Å²) in [6.45, 7) is 0. The molecule has 0 bridgehead atoms. The highest BCUT2D eigenvalue weighted by Crippen LogP contribution is 2.12. The molecule has 7 heteroatoms. The molecule has 2 aromatic rings. The lowest BCUT2D eigenvalue weighted by atomic mass is 10.1. The summed E-state index contributed by atoms with van der Waals surface area (Å²) in [6, 6.07) is 8.63. The molecule has 1 aromatic carbocycles. The Morgan fingerprint density at radius 2 is 2.00 bits per heavy atom. The Kier molecular flexibility index (Phi) is 4.79. The van der Waals surface area contributed by atoms with Gasteiger partial charge in [0.05, 0.1) is 11.1 Å². The van der Waals surface area contributed by atoms with E-state index in [0.717, 1.165) is 5.56 Å². The Morgan fingerprint density at radius 3 is 2.65 bits per heavy atom. The minimum atomic E-state index is -2.57. The number of benzene rings is 1. The number of carbonyl (C=O) groups excluding carboxylic acids is 1. The maximum absolute atomic E-state index is 12.0. The van der Waals surface area contributed by atoms with Gasteiger partial charge in [-0.15, -0.1) is 10.1 Å². The molecule has 120 valence electrons. The third-order valence-corrected chi connectivity index (χ3v) is 3.40. The predicted molar refractivity (Wildman–Crippen MR) is 95.5 cm³/mol. The van der Waals surface area contributed by atoms with Gasteiger partial charge in [0.1, 0.15) is 5.82 Å². The lowest BCUT2D eigenvalue weighted by Crippen LogP contribution is -2.09. The molecule has 1 heterocycles. The van der Waals surface area contributed by atoms with Crippen molar-refractivity contribution in [2.75, 3.05) is 24.0 Å². The van der Waals surface area contributed by atoms with E-state index in [4.69, 9.17) is 11.5 Å². The molecule has 0 spiro atoms. The third-order valence-electron chi connectivity index (χ3n) is 2.73. The van der Waals surface area contributed by atoms with Crippen LogP contribution in [0.15, 0.2) is 40.9 Å². The van der Waals surface area contributed by atoms with Gasteiger partial charge in [-0.2, -0.15) is 4.36 Å². The molecule has 1 amide bonds. The van der Waals surface area contributed by atoms with Crippen molar-refractivity contribution in [2.24, 2.45) is 4.36 Å². The van der Waals surface area contributed by atoms with Crippen LogP contribution < -0.4 is 11.5 Å². The number of nitrogen functional groups attached to an aromatic ring is 2. The molecule has 0 fully saturated rings. The fourth-order valence-corrected chi connectivity index (χ4v) is 2.29. The van der Waals surface area contributed by atoms with Crippen molar-refractivity contribution < 1.29 is 9.35 Å². The number of amides is 1. The van der Waals surface area contributed by atoms with Crippen LogP contribution in [-0.4, -0.2) is 28.0 Å². The van der Waals surface area contributed by atoms with Crippen LogP contribution in [0.5, 0.6) is 0 Å². The van der Waals surface area contributed by atoms with E-state index in [0.29, 0.717) is 11.3 Å². The van der Waals surface area contributed by atoms with Crippen molar-refractivity contribution in [1.82, 2.24) is 4.98 Å². The van der Waals surface area contributed by atoms with E-state index < -0.39 is 16.0 Å². The molecule has 0 saturated heterocycles. The molecule has 0 aliphatic rings. The van der Waals surface area contributed by atoms with Crippen molar-refractivity contribution in [2.45, 2.75) is 0 Å². The van der Waals surface area contributed by atoms with Gasteiger partial charge in [-0.05, 0) is 36.8 Å². The Morgan fingerprint density at radius 1 is 1.26 bits per heavy atom. The highest BCUT2D eigenvalue weighted by atomic mass is 32.3. The Labute approximate surface area is 135 Å². The second kappa shape index (κ2) is 6.60. The standard InChI is InChI=1S/C16H18N4O2S/c1-23(2,22)20-16(21)13-9-12(15(18)19-10-13)7-6-11-4-3-5-14(17)8-11/h3-5,8-10,23H,17H2,1-2H3,(H2,18,19)(H,20,21,22). The number of hydrogen-bond acceptors (Lipinski definition) is 4. The van der Waals surface area contributed by atoms with Gasteiger partial charge in [-0.1, -0.05) is 17.9 Å². The summed E-state index contributed by atoms with van der Waals surface area (Å²) in [5.41, 5.74) is 13.5. The maximum Gasteiger partial charge on any atom is 0.284 e. The fourth-order valence-electron chi connectivity index (χ4n) is 1.73. The van der Waals surface area contributed by atoms with Gasteiger partial charge in [0, 0.05) is 17.4 Å². The first-order chi connectivity index (χ1) is 10.7. The zero-order chi connectivity index (χ0) is 17.0. The number of carbonyl (C=O) groups is 1. The van der Waals surface area contributed by atoms with Gasteiger partial charge < -0.3 is 16.0 Å². The SMILES string of the molecule is C[SH](C)(O)=NC(=O)c1cnc(N)c(C#Cc2cccc(N)c2)c1.